The van der Waals surface area contributed by atoms with Gasteiger partial charge >= 0.3 is 0 Å². The van der Waals surface area contributed by atoms with Crippen LogP contribution in [-0.4, -0.2) is 60.9 Å². The molecule has 2 amide bonds. The lowest BCUT2D eigenvalue weighted by molar-refractivity contribution is -0.132. The maximum Gasteiger partial charge on any atom is 0.238 e. The molecule has 1 heterocycles. The number of nitrogens with one attached hydrogen (secondary N) is 1. The highest BCUT2D eigenvalue weighted by Crippen LogP contribution is 2.19. The van der Waals surface area contributed by atoms with E-state index in [0.29, 0.717) is 32.6 Å². The lowest BCUT2D eigenvalue weighted by atomic mass is 10.1. The fourth-order valence-corrected chi connectivity index (χ4v) is 2.83. The van der Waals surface area contributed by atoms with E-state index in [-0.39, 0.29) is 11.8 Å². The SMILES string of the molecule is Cc1cccc(C)c1NC(=O)CN1CCN(C(=O)CCN)CC1. The average molecular weight is 318 g/mol. The summed E-state index contributed by atoms with van der Waals surface area (Å²) in [6, 6.07) is 5.97. The Labute approximate surface area is 137 Å². The molecule has 0 atom stereocenters. The lowest BCUT2D eigenvalue weighted by Gasteiger charge is -2.34. The van der Waals surface area contributed by atoms with Gasteiger partial charge in [0.1, 0.15) is 0 Å². The van der Waals surface area contributed by atoms with Gasteiger partial charge in [0.25, 0.3) is 0 Å². The zero-order chi connectivity index (χ0) is 16.8. The molecule has 0 saturated carbocycles. The minimum absolute atomic E-state index is 0.0101. The van der Waals surface area contributed by atoms with E-state index < -0.39 is 0 Å². The number of piperazine rings is 1. The number of rotatable bonds is 5. The molecular formula is C17H26N4O2. The Kier molecular flexibility index (Phi) is 6.12. The molecule has 0 bridgehead atoms. The third-order valence-corrected chi connectivity index (χ3v) is 4.20. The molecule has 6 nitrogen and oxygen atoms in total. The molecule has 1 saturated heterocycles. The third kappa shape index (κ3) is 4.77. The monoisotopic (exact) mass is 318 g/mol. The van der Waals surface area contributed by atoms with Crippen LogP contribution in [0.1, 0.15) is 17.5 Å². The number of nitrogens with zero attached hydrogens (tertiary/aromatic N) is 2. The highest BCUT2D eigenvalue weighted by molar-refractivity contribution is 5.93. The number of nitrogens with two attached hydrogens (primary N) is 1. The molecule has 1 aromatic rings. The third-order valence-electron chi connectivity index (χ3n) is 4.20. The molecule has 0 spiro atoms. The highest BCUT2D eigenvalue weighted by Gasteiger charge is 2.22. The van der Waals surface area contributed by atoms with Gasteiger partial charge in [-0.25, -0.2) is 0 Å². The van der Waals surface area contributed by atoms with Gasteiger partial charge in [-0.3, -0.25) is 14.5 Å². The number of carbonyl (C=O) groups excluding carboxylic acids is 2. The van der Waals surface area contributed by atoms with Crippen molar-refractivity contribution in [3.8, 4) is 0 Å². The highest BCUT2D eigenvalue weighted by atomic mass is 16.2. The van der Waals surface area contributed by atoms with Crippen LogP contribution in [0.4, 0.5) is 5.69 Å². The van der Waals surface area contributed by atoms with Crippen molar-refractivity contribution in [1.82, 2.24) is 9.80 Å². The minimum Gasteiger partial charge on any atom is -0.340 e. The summed E-state index contributed by atoms with van der Waals surface area (Å²) >= 11 is 0. The predicted octanol–water partition coefficient (Wildman–Crippen LogP) is 0.735. The molecular weight excluding hydrogens is 292 g/mol. The van der Waals surface area contributed by atoms with Crippen molar-refractivity contribution in [3.63, 3.8) is 0 Å². The first kappa shape index (κ1) is 17.4. The number of hydrogen-bond acceptors (Lipinski definition) is 4. The summed E-state index contributed by atoms with van der Waals surface area (Å²) in [4.78, 5) is 27.9. The second-order valence-corrected chi connectivity index (χ2v) is 6.01. The molecule has 0 unspecified atom stereocenters. The summed E-state index contributed by atoms with van der Waals surface area (Å²) < 4.78 is 0. The van der Waals surface area contributed by atoms with E-state index in [1.54, 1.807) is 0 Å². The van der Waals surface area contributed by atoms with E-state index in [4.69, 9.17) is 5.73 Å². The van der Waals surface area contributed by atoms with Crippen LogP contribution >= 0.6 is 0 Å². The first-order chi connectivity index (χ1) is 11.0. The Hall–Kier alpha value is -1.92. The largest absolute Gasteiger partial charge is 0.340 e. The van der Waals surface area contributed by atoms with Gasteiger partial charge in [0, 0.05) is 44.8 Å². The van der Waals surface area contributed by atoms with Gasteiger partial charge in [-0.1, -0.05) is 18.2 Å². The normalized spacial score (nSPS) is 15.5. The van der Waals surface area contributed by atoms with E-state index in [2.05, 4.69) is 10.2 Å². The van der Waals surface area contributed by atoms with E-state index in [1.165, 1.54) is 0 Å². The van der Waals surface area contributed by atoms with Crippen LogP contribution in [0.2, 0.25) is 0 Å². The number of anilines is 1. The maximum absolute atomic E-state index is 12.3. The lowest BCUT2D eigenvalue weighted by Crippen LogP contribution is -2.50. The summed E-state index contributed by atoms with van der Waals surface area (Å²) in [6.45, 7) is 7.48. The van der Waals surface area contributed by atoms with Crippen LogP contribution in [0.25, 0.3) is 0 Å². The van der Waals surface area contributed by atoms with Crippen molar-refractivity contribution < 1.29 is 9.59 Å². The molecule has 0 aromatic heterocycles. The Morgan fingerprint density at radius 2 is 1.74 bits per heavy atom. The summed E-state index contributed by atoms with van der Waals surface area (Å²) in [7, 11) is 0. The molecule has 126 valence electrons. The number of amides is 2. The zero-order valence-corrected chi connectivity index (χ0v) is 14.0. The van der Waals surface area contributed by atoms with E-state index >= 15 is 0 Å². The first-order valence-electron chi connectivity index (χ1n) is 8.07. The predicted molar refractivity (Wildman–Crippen MR) is 91.2 cm³/mol. The molecule has 6 heteroatoms. The molecule has 2 rings (SSSR count). The molecule has 0 aliphatic carbocycles. The molecule has 23 heavy (non-hydrogen) atoms. The van der Waals surface area contributed by atoms with E-state index in [0.717, 1.165) is 29.9 Å². The van der Waals surface area contributed by atoms with Crippen molar-refractivity contribution >= 4 is 17.5 Å². The minimum atomic E-state index is -0.0101. The van der Waals surface area contributed by atoms with Gasteiger partial charge in [0.05, 0.1) is 6.54 Å². The molecule has 0 radical (unpaired) electrons. The second kappa shape index (κ2) is 8.08. The van der Waals surface area contributed by atoms with Gasteiger partial charge in [-0.15, -0.1) is 0 Å². The molecule has 1 fully saturated rings. The van der Waals surface area contributed by atoms with Gasteiger partial charge in [-0.2, -0.15) is 0 Å². The fourth-order valence-electron chi connectivity index (χ4n) is 2.83. The van der Waals surface area contributed by atoms with Gasteiger partial charge in [0.2, 0.25) is 11.8 Å². The Morgan fingerprint density at radius 3 is 2.30 bits per heavy atom. The van der Waals surface area contributed by atoms with Crippen molar-refractivity contribution in [2.75, 3.05) is 44.6 Å². The number of aryl methyl sites for hydroxylation is 2. The van der Waals surface area contributed by atoms with Crippen LogP contribution in [0.15, 0.2) is 18.2 Å². The molecule has 1 aliphatic rings. The van der Waals surface area contributed by atoms with E-state index in [1.807, 2.05) is 36.9 Å². The first-order valence-corrected chi connectivity index (χ1v) is 8.07. The van der Waals surface area contributed by atoms with Crippen LogP contribution in [0.3, 0.4) is 0 Å². The number of para-hydroxylation sites is 1. The van der Waals surface area contributed by atoms with Crippen molar-refractivity contribution in [1.29, 1.82) is 0 Å². The Bertz CT molecular complexity index is 545. The zero-order valence-electron chi connectivity index (χ0n) is 14.0. The smallest absolute Gasteiger partial charge is 0.238 e. The molecule has 1 aromatic carbocycles. The molecule has 3 N–H and O–H groups in total. The maximum atomic E-state index is 12.3. The second-order valence-electron chi connectivity index (χ2n) is 6.01. The van der Waals surface area contributed by atoms with Crippen LogP contribution in [-0.2, 0) is 9.59 Å². The Morgan fingerprint density at radius 1 is 1.13 bits per heavy atom. The fraction of sp³-hybridized carbons (Fsp3) is 0.529. The summed E-state index contributed by atoms with van der Waals surface area (Å²) in [5.74, 6) is 0.0938. The van der Waals surface area contributed by atoms with Crippen LogP contribution in [0.5, 0.6) is 0 Å². The quantitative estimate of drug-likeness (QED) is 0.839. The average Bonchev–Trinajstić information content (AvgIpc) is 2.52. The van der Waals surface area contributed by atoms with E-state index in [9.17, 15) is 9.59 Å². The van der Waals surface area contributed by atoms with Crippen LogP contribution in [0, 0.1) is 13.8 Å². The van der Waals surface area contributed by atoms with Gasteiger partial charge in [0.15, 0.2) is 0 Å². The van der Waals surface area contributed by atoms with Crippen molar-refractivity contribution in [2.24, 2.45) is 5.73 Å². The number of carbonyl (C=O) groups is 2. The van der Waals surface area contributed by atoms with Crippen LogP contribution < -0.4 is 11.1 Å². The van der Waals surface area contributed by atoms with Gasteiger partial charge < -0.3 is 16.0 Å². The van der Waals surface area contributed by atoms with Gasteiger partial charge in [-0.05, 0) is 25.0 Å². The number of hydrogen-bond donors (Lipinski definition) is 2. The number of benzene rings is 1. The van der Waals surface area contributed by atoms with Crippen molar-refractivity contribution in [2.45, 2.75) is 20.3 Å². The summed E-state index contributed by atoms with van der Waals surface area (Å²) in [6.07, 6.45) is 0.396. The Balaban J connectivity index is 1.82. The topological polar surface area (TPSA) is 78.7 Å². The summed E-state index contributed by atoms with van der Waals surface area (Å²) in [5, 5.41) is 3.00. The standard InChI is InChI=1S/C17H26N4O2/c1-13-4-3-5-14(2)17(13)19-15(22)12-20-8-10-21(11-9-20)16(23)6-7-18/h3-5H,6-12,18H2,1-2H3,(H,19,22). The molecule has 1 aliphatic heterocycles. The summed E-state index contributed by atoms with van der Waals surface area (Å²) in [5.41, 5.74) is 8.44. The van der Waals surface area contributed by atoms with Crippen molar-refractivity contribution in [3.05, 3.63) is 29.3 Å².